The first-order valence-corrected chi connectivity index (χ1v) is 13.7. The highest BCUT2D eigenvalue weighted by atomic mass is 16.5. The van der Waals surface area contributed by atoms with Crippen molar-refractivity contribution in [2.45, 2.75) is 65.2 Å². The Labute approximate surface area is 225 Å². The van der Waals surface area contributed by atoms with Crippen LogP contribution in [0.15, 0.2) is 84.9 Å². The van der Waals surface area contributed by atoms with Crippen molar-refractivity contribution in [1.82, 2.24) is 0 Å². The average Bonchev–Trinajstić information content (AvgIpc) is 2.94. The van der Waals surface area contributed by atoms with Crippen LogP contribution < -0.4 is 9.47 Å². The fourth-order valence-electron chi connectivity index (χ4n) is 4.60. The van der Waals surface area contributed by atoms with E-state index < -0.39 is 11.9 Å². The van der Waals surface area contributed by atoms with Crippen LogP contribution in [-0.4, -0.2) is 11.9 Å². The van der Waals surface area contributed by atoms with Crippen molar-refractivity contribution >= 4 is 22.7 Å². The van der Waals surface area contributed by atoms with Gasteiger partial charge in [-0.25, -0.2) is 9.59 Å². The Morgan fingerprint density at radius 1 is 0.526 bits per heavy atom. The van der Waals surface area contributed by atoms with Gasteiger partial charge in [0.15, 0.2) is 0 Å². The number of aryl methyl sites for hydroxylation is 2. The number of carbonyl (C=O) groups is 2. The number of hydrogen-bond donors (Lipinski definition) is 0. The highest BCUT2D eigenvalue weighted by Gasteiger charge is 2.18. The molecule has 0 heterocycles. The van der Waals surface area contributed by atoms with Crippen LogP contribution >= 0.6 is 0 Å². The fourth-order valence-corrected chi connectivity index (χ4v) is 4.60. The lowest BCUT2D eigenvalue weighted by Crippen LogP contribution is -2.12. The lowest BCUT2D eigenvalue weighted by Gasteiger charge is -2.11. The minimum atomic E-state index is -0.460. The van der Waals surface area contributed by atoms with E-state index >= 15 is 0 Å². The molecule has 0 unspecified atom stereocenters. The third-order valence-corrected chi connectivity index (χ3v) is 6.77. The minimum absolute atomic E-state index is 0.403. The molecular weight excluding hydrogens is 472 g/mol. The summed E-state index contributed by atoms with van der Waals surface area (Å²) >= 11 is 0. The van der Waals surface area contributed by atoms with Crippen LogP contribution in [0.2, 0.25) is 0 Å². The second-order valence-corrected chi connectivity index (χ2v) is 9.69. The maximum absolute atomic E-state index is 13.1. The van der Waals surface area contributed by atoms with E-state index in [9.17, 15) is 9.59 Å². The molecule has 4 rings (SSSR count). The first-order chi connectivity index (χ1) is 18.6. The highest BCUT2D eigenvalue weighted by molar-refractivity contribution is 6.11. The predicted octanol–water partition coefficient (Wildman–Crippen LogP) is 8.74. The molecule has 4 aromatic carbocycles. The molecule has 4 nitrogen and oxygen atoms in total. The lowest BCUT2D eigenvalue weighted by molar-refractivity contribution is 0.0725. The molecule has 0 aliphatic heterocycles. The topological polar surface area (TPSA) is 52.6 Å². The highest BCUT2D eigenvalue weighted by Crippen LogP contribution is 2.26. The van der Waals surface area contributed by atoms with Gasteiger partial charge in [-0.15, -0.1) is 0 Å². The SMILES string of the molecule is CCCCCc1ccc(OC(=O)c2cccc3c(C(=O)Oc4ccc(CCCCC)cc4)cccc23)cc1. The molecule has 4 aromatic rings. The van der Waals surface area contributed by atoms with Gasteiger partial charge in [-0.3, -0.25) is 0 Å². The number of esters is 2. The number of hydrogen-bond acceptors (Lipinski definition) is 4. The Morgan fingerprint density at radius 2 is 0.921 bits per heavy atom. The Hall–Kier alpha value is -3.92. The maximum Gasteiger partial charge on any atom is 0.344 e. The van der Waals surface area contributed by atoms with E-state index in [1.54, 1.807) is 24.3 Å². The van der Waals surface area contributed by atoms with Gasteiger partial charge >= 0.3 is 11.9 Å². The van der Waals surface area contributed by atoms with Crippen molar-refractivity contribution in [3.8, 4) is 11.5 Å². The summed E-state index contributed by atoms with van der Waals surface area (Å²) in [6.07, 6.45) is 9.14. The number of benzene rings is 4. The van der Waals surface area contributed by atoms with E-state index in [1.807, 2.05) is 60.7 Å². The second kappa shape index (κ2) is 13.6. The normalized spacial score (nSPS) is 10.9. The van der Waals surface area contributed by atoms with Crippen LogP contribution in [0.3, 0.4) is 0 Å². The lowest BCUT2D eigenvalue weighted by atomic mass is 10.00. The molecule has 0 spiro atoms. The van der Waals surface area contributed by atoms with Crippen molar-refractivity contribution in [3.05, 3.63) is 107 Å². The van der Waals surface area contributed by atoms with E-state index in [-0.39, 0.29) is 0 Å². The summed E-state index contributed by atoms with van der Waals surface area (Å²) < 4.78 is 11.4. The summed E-state index contributed by atoms with van der Waals surface area (Å²) in [5, 5.41) is 1.30. The average molecular weight is 509 g/mol. The molecule has 0 aliphatic rings. The molecule has 0 radical (unpaired) electrons. The molecule has 0 bridgehead atoms. The zero-order chi connectivity index (χ0) is 26.7. The number of carbonyl (C=O) groups excluding carboxylic acids is 2. The van der Waals surface area contributed by atoms with Gasteiger partial charge < -0.3 is 9.47 Å². The molecule has 4 heteroatoms. The Balaban J connectivity index is 1.47. The summed E-state index contributed by atoms with van der Waals surface area (Å²) in [5.74, 6) is 0.0805. The van der Waals surface area contributed by atoms with Crippen molar-refractivity contribution < 1.29 is 19.1 Å². The van der Waals surface area contributed by atoms with Crippen LogP contribution in [0, 0.1) is 0 Å². The third kappa shape index (κ3) is 7.10. The van der Waals surface area contributed by atoms with Crippen LogP contribution in [0.1, 0.15) is 84.2 Å². The number of fused-ring (bicyclic) bond motifs is 1. The van der Waals surface area contributed by atoms with Crippen LogP contribution in [0.25, 0.3) is 10.8 Å². The predicted molar refractivity (Wildman–Crippen MR) is 153 cm³/mol. The molecule has 38 heavy (non-hydrogen) atoms. The maximum atomic E-state index is 13.1. The Kier molecular flexibility index (Phi) is 9.69. The monoisotopic (exact) mass is 508 g/mol. The van der Waals surface area contributed by atoms with E-state index in [2.05, 4.69) is 13.8 Å². The van der Waals surface area contributed by atoms with Gasteiger partial charge in [0.2, 0.25) is 0 Å². The fraction of sp³-hybridized carbons (Fsp3) is 0.294. The zero-order valence-corrected chi connectivity index (χ0v) is 22.4. The molecule has 0 atom stereocenters. The van der Waals surface area contributed by atoms with Gasteiger partial charge in [-0.1, -0.05) is 88.1 Å². The zero-order valence-electron chi connectivity index (χ0n) is 22.4. The van der Waals surface area contributed by atoms with Crippen molar-refractivity contribution in [1.29, 1.82) is 0 Å². The van der Waals surface area contributed by atoms with E-state index in [0.29, 0.717) is 33.4 Å². The van der Waals surface area contributed by atoms with Crippen molar-refractivity contribution in [2.75, 3.05) is 0 Å². The second-order valence-electron chi connectivity index (χ2n) is 9.69. The summed E-state index contributed by atoms with van der Waals surface area (Å²) in [6, 6.07) is 26.0. The van der Waals surface area contributed by atoms with Gasteiger partial charge in [0.05, 0.1) is 11.1 Å². The molecular formula is C34H36O4. The van der Waals surface area contributed by atoms with Crippen LogP contribution in [0.4, 0.5) is 0 Å². The Bertz CT molecular complexity index is 1250. The first-order valence-electron chi connectivity index (χ1n) is 13.7. The van der Waals surface area contributed by atoms with Crippen LogP contribution in [0.5, 0.6) is 11.5 Å². The molecule has 0 N–H and O–H groups in total. The summed E-state index contributed by atoms with van der Waals surface area (Å²) in [6.45, 7) is 4.38. The summed E-state index contributed by atoms with van der Waals surface area (Å²) in [7, 11) is 0. The van der Waals surface area contributed by atoms with Gasteiger partial charge in [-0.2, -0.15) is 0 Å². The number of ether oxygens (including phenoxy) is 2. The quantitative estimate of drug-likeness (QED) is 0.109. The summed E-state index contributed by atoms with van der Waals surface area (Å²) in [5.41, 5.74) is 3.27. The number of rotatable bonds is 12. The molecule has 0 fully saturated rings. The van der Waals surface area contributed by atoms with Crippen molar-refractivity contribution in [3.63, 3.8) is 0 Å². The number of unbranched alkanes of at least 4 members (excludes halogenated alkanes) is 4. The van der Waals surface area contributed by atoms with Crippen LogP contribution in [-0.2, 0) is 12.8 Å². The van der Waals surface area contributed by atoms with Gasteiger partial charge in [0.1, 0.15) is 11.5 Å². The molecule has 0 aliphatic carbocycles. The Morgan fingerprint density at radius 3 is 1.29 bits per heavy atom. The van der Waals surface area contributed by atoms with Crippen molar-refractivity contribution in [2.24, 2.45) is 0 Å². The standard InChI is InChI=1S/C34H36O4/c1-3-5-7-11-25-17-21-27(22-18-25)37-33(35)31-15-9-14-30-29(31)13-10-16-32(30)34(36)38-28-23-19-26(20-24-28)12-8-6-4-2/h9-10,13-24H,3-8,11-12H2,1-2H3. The van der Waals surface area contributed by atoms with E-state index in [0.717, 1.165) is 25.7 Å². The minimum Gasteiger partial charge on any atom is -0.423 e. The largest absolute Gasteiger partial charge is 0.423 e. The smallest absolute Gasteiger partial charge is 0.344 e. The molecule has 0 saturated carbocycles. The summed E-state index contributed by atoms with van der Waals surface area (Å²) in [4.78, 5) is 26.2. The molecule has 0 aromatic heterocycles. The van der Waals surface area contributed by atoms with Gasteiger partial charge in [-0.05, 0) is 84.0 Å². The van der Waals surface area contributed by atoms with E-state index in [1.165, 1.54) is 36.8 Å². The first kappa shape index (κ1) is 27.1. The van der Waals surface area contributed by atoms with E-state index in [4.69, 9.17) is 9.47 Å². The molecule has 0 amide bonds. The van der Waals surface area contributed by atoms with Gasteiger partial charge in [0, 0.05) is 0 Å². The van der Waals surface area contributed by atoms with Gasteiger partial charge in [0.25, 0.3) is 0 Å². The molecule has 196 valence electrons. The third-order valence-electron chi connectivity index (χ3n) is 6.77. The molecule has 0 saturated heterocycles.